The second-order valence-electron chi connectivity index (χ2n) is 0.0680. The average Bonchev–Trinajstić information content (AvgIpc) is 0.918. The van der Waals surface area contributed by atoms with Crippen molar-refractivity contribution in [2.24, 2.45) is 0 Å². The molecule has 0 nitrogen and oxygen atoms in total. The largest absolute Gasteiger partial charge is 0.0149 e. The third kappa shape index (κ3) is 10.2. The molecule has 0 radical (unpaired) electrons. The molecule has 0 unspecified atom stereocenters. The van der Waals surface area contributed by atoms with Gasteiger partial charge in [0, 0.05) is 0 Å². The average molecular weight is 280 g/mol. The zero-order chi connectivity index (χ0) is 2.71. The van der Waals surface area contributed by atoms with Crippen LogP contribution in [0.2, 0.25) is 0 Å². The van der Waals surface area contributed by atoms with Crippen LogP contribution in [0.3, 0.4) is 0 Å². The molecule has 0 heterocycles. The SMILES string of the molecule is [S]=[W]=[S].[SiH4]. The zero-order valence-electron chi connectivity index (χ0n) is 1.22. The molecule has 0 aromatic heterocycles. The Morgan fingerprint density at radius 1 is 1.25 bits per heavy atom. The Balaban J connectivity index is 0. The first kappa shape index (κ1) is 9.02. The molecule has 0 N–H and O–H groups in total. The van der Waals surface area contributed by atoms with Crippen LogP contribution in [-0.2, 0) is 14.9 Å². The normalized spacial score (nSPS) is 3.00. The minimum absolute atomic E-state index is 0. The van der Waals surface area contributed by atoms with Crippen molar-refractivity contribution in [1.82, 2.24) is 0 Å². The summed E-state index contributed by atoms with van der Waals surface area (Å²) in [5, 5.41) is 0. The van der Waals surface area contributed by atoms with Crippen LogP contribution in [0.5, 0.6) is 0 Å². The number of hydrogen-bond donors (Lipinski definition) is 0. The molecule has 0 aliphatic carbocycles. The van der Waals surface area contributed by atoms with Gasteiger partial charge >= 0.3 is 34.6 Å². The molecule has 0 atom stereocenters. The van der Waals surface area contributed by atoms with Gasteiger partial charge < -0.3 is 0 Å². The van der Waals surface area contributed by atoms with E-state index in [1.807, 2.05) is 0 Å². The van der Waals surface area contributed by atoms with Gasteiger partial charge in [-0.1, -0.05) is 0 Å². The summed E-state index contributed by atoms with van der Waals surface area (Å²) in [7, 11) is 8.75. The van der Waals surface area contributed by atoms with Crippen molar-refractivity contribution in [1.29, 1.82) is 0 Å². The van der Waals surface area contributed by atoms with E-state index in [0.717, 1.165) is 0 Å². The molecule has 0 aliphatic rings. The topological polar surface area (TPSA) is 0 Å². The fraction of sp³-hybridized carbons (Fsp3) is 0. The van der Waals surface area contributed by atoms with Crippen LogP contribution in [0.25, 0.3) is 0 Å². The Kier molecular flexibility index (Phi) is 19.9. The van der Waals surface area contributed by atoms with Crippen molar-refractivity contribution < 1.29 is 14.9 Å². The van der Waals surface area contributed by atoms with Crippen LogP contribution in [0.15, 0.2) is 0 Å². The zero-order valence-corrected chi connectivity index (χ0v) is 5.79. The summed E-state index contributed by atoms with van der Waals surface area (Å²) in [5.74, 6) is 0. The van der Waals surface area contributed by atoms with Crippen molar-refractivity contribution in [2.75, 3.05) is 0 Å². The van der Waals surface area contributed by atoms with Gasteiger partial charge in [-0.05, 0) is 11.0 Å². The van der Waals surface area contributed by atoms with Gasteiger partial charge in [-0.3, -0.25) is 0 Å². The van der Waals surface area contributed by atoms with E-state index in [4.69, 9.17) is 0 Å². The van der Waals surface area contributed by atoms with Crippen LogP contribution in [0.4, 0.5) is 0 Å². The molecule has 26 valence electrons. The summed E-state index contributed by atoms with van der Waals surface area (Å²) in [6.45, 7) is 0. The summed E-state index contributed by atoms with van der Waals surface area (Å²) >= 11 is -0.583. The van der Waals surface area contributed by atoms with Crippen LogP contribution < -0.4 is 0 Å². The Labute approximate surface area is 45.4 Å². The van der Waals surface area contributed by atoms with Gasteiger partial charge in [-0.2, -0.15) is 0 Å². The van der Waals surface area contributed by atoms with Crippen LogP contribution >= 0.6 is 19.6 Å². The third-order valence-corrected chi connectivity index (χ3v) is 0. The van der Waals surface area contributed by atoms with Crippen LogP contribution in [0.1, 0.15) is 0 Å². The first-order valence-electron chi connectivity index (χ1n) is 0.333. The Hall–Kier alpha value is 1.35. The number of rotatable bonds is 0. The second kappa shape index (κ2) is 8.84. The van der Waals surface area contributed by atoms with Gasteiger partial charge in [0.25, 0.3) is 0 Å². The molecule has 0 fully saturated rings. The van der Waals surface area contributed by atoms with E-state index in [0.29, 0.717) is 0 Å². The fourth-order valence-corrected chi connectivity index (χ4v) is 0. The Morgan fingerprint density at radius 2 is 1.25 bits per heavy atom. The molecule has 0 aromatic rings. The quantitative estimate of drug-likeness (QED) is 0.566. The molecule has 0 aromatic carbocycles. The summed E-state index contributed by atoms with van der Waals surface area (Å²) in [6, 6.07) is 0. The maximum absolute atomic E-state index is 4.38. The molecule has 0 bridgehead atoms. The van der Waals surface area contributed by atoms with Crippen molar-refractivity contribution in [2.45, 2.75) is 0 Å². The van der Waals surface area contributed by atoms with E-state index < -0.39 is 14.9 Å². The molecule has 4 heavy (non-hydrogen) atoms. The first-order chi connectivity index (χ1) is 1.41. The first-order valence-corrected chi connectivity index (χ1v) is 8.19. The molecule has 0 saturated heterocycles. The summed E-state index contributed by atoms with van der Waals surface area (Å²) in [5.41, 5.74) is 0. The predicted molar refractivity (Wildman–Crippen MR) is 26.5 cm³/mol. The van der Waals surface area contributed by atoms with Gasteiger partial charge in [-0.25, -0.2) is 0 Å². The summed E-state index contributed by atoms with van der Waals surface area (Å²) in [6.07, 6.45) is 0. The predicted octanol–water partition coefficient (Wildman–Crippen LogP) is -0.158. The standard InChI is InChI=1S/2S.H4Si.W/h;;1H4;. The van der Waals surface area contributed by atoms with E-state index >= 15 is 0 Å². The third-order valence-electron chi connectivity index (χ3n) is 0. The maximum atomic E-state index is 4.38. The van der Waals surface area contributed by atoms with Crippen molar-refractivity contribution in [3.8, 4) is 0 Å². The van der Waals surface area contributed by atoms with Crippen molar-refractivity contribution in [3.05, 3.63) is 0 Å². The van der Waals surface area contributed by atoms with Crippen LogP contribution in [0, 0.1) is 0 Å². The van der Waals surface area contributed by atoms with Gasteiger partial charge in [0.2, 0.25) is 0 Å². The van der Waals surface area contributed by atoms with Gasteiger partial charge in [-0.15, -0.1) is 0 Å². The minimum atomic E-state index is -0.583. The molecule has 0 aliphatic heterocycles. The van der Waals surface area contributed by atoms with E-state index in [2.05, 4.69) is 19.6 Å². The molecule has 0 saturated carbocycles. The van der Waals surface area contributed by atoms with Crippen molar-refractivity contribution >= 4 is 30.6 Å². The number of hydrogen-bond acceptors (Lipinski definition) is 2. The minimum Gasteiger partial charge on any atom is -0.0149 e. The molecular weight excluding hydrogens is 276 g/mol. The Morgan fingerprint density at radius 3 is 1.25 bits per heavy atom. The van der Waals surface area contributed by atoms with Crippen LogP contribution in [-0.4, -0.2) is 11.0 Å². The van der Waals surface area contributed by atoms with Gasteiger partial charge in [0.1, 0.15) is 0 Å². The monoisotopic (exact) mass is 280 g/mol. The molecule has 0 spiro atoms. The van der Waals surface area contributed by atoms with Gasteiger partial charge in [0.05, 0.1) is 0 Å². The smallest absolute Gasteiger partial charge is 0.0149 e. The summed E-state index contributed by atoms with van der Waals surface area (Å²) < 4.78 is 0. The van der Waals surface area contributed by atoms with E-state index in [9.17, 15) is 0 Å². The van der Waals surface area contributed by atoms with E-state index in [1.54, 1.807) is 0 Å². The molecular formula is H4S2SiW. The molecule has 0 amide bonds. The molecule has 4 heteroatoms. The maximum Gasteiger partial charge on any atom is -0.0149 e. The summed E-state index contributed by atoms with van der Waals surface area (Å²) in [4.78, 5) is 0. The fourth-order valence-electron chi connectivity index (χ4n) is 0. The Bertz CT molecular complexity index is 27.0. The molecule has 0 rings (SSSR count). The van der Waals surface area contributed by atoms with Gasteiger partial charge in [0.15, 0.2) is 0 Å². The van der Waals surface area contributed by atoms with E-state index in [-0.39, 0.29) is 11.0 Å². The second-order valence-corrected chi connectivity index (χ2v) is 5.01. The van der Waals surface area contributed by atoms with E-state index in [1.165, 1.54) is 0 Å². The van der Waals surface area contributed by atoms with Crippen molar-refractivity contribution in [3.63, 3.8) is 0 Å².